The van der Waals surface area contributed by atoms with Gasteiger partial charge in [-0.25, -0.2) is 9.18 Å². The summed E-state index contributed by atoms with van der Waals surface area (Å²) >= 11 is 7.95. The van der Waals surface area contributed by atoms with Crippen LogP contribution in [0, 0.1) is 9.39 Å². The second-order valence-corrected chi connectivity index (χ2v) is 5.65. The summed E-state index contributed by atoms with van der Waals surface area (Å²) in [5.74, 6) is -2.55. The van der Waals surface area contributed by atoms with Crippen LogP contribution >= 0.6 is 34.2 Å². The molecule has 0 aliphatic carbocycles. The van der Waals surface area contributed by atoms with Crippen molar-refractivity contribution in [2.75, 3.05) is 5.32 Å². The normalized spacial score (nSPS) is 10.2. The van der Waals surface area contributed by atoms with Gasteiger partial charge in [0.05, 0.1) is 16.3 Å². The maximum Gasteiger partial charge on any atom is 0.337 e. The van der Waals surface area contributed by atoms with E-state index >= 15 is 0 Å². The molecule has 0 radical (unpaired) electrons. The molecule has 2 aromatic rings. The van der Waals surface area contributed by atoms with Gasteiger partial charge in [-0.05, 0) is 59.0 Å². The van der Waals surface area contributed by atoms with Crippen LogP contribution in [0.2, 0.25) is 5.02 Å². The van der Waals surface area contributed by atoms with E-state index in [1.54, 1.807) is 12.1 Å². The molecule has 2 aromatic carbocycles. The molecule has 2 N–H and O–H groups in total. The predicted molar refractivity (Wildman–Crippen MR) is 85.5 cm³/mol. The summed E-state index contributed by atoms with van der Waals surface area (Å²) in [5, 5.41) is 11.9. The van der Waals surface area contributed by atoms with Crippen LogP contribution in [-0.2, 0) is 0 Å². The fourth-order valence-corrected chi connectivity index (χ4v) is 2.15. The number of carbonyl (C=O) groups is 2. The van der Waals surface area contributed by atoms with Crippen molar-refractivity contribution >= 4 is 51.8 Å². The number of carboxylic acid groups (broad SMARTS) is 1. The highest BCUT2D eigenvalue weighted by Gasteiger charge is 2.15. The zero-order valence-electron chi connectivity index (χ0n) is 10.4. The molecular formula is C14H8ClFINO3. The summed E-state index contributed by atoms with van der Waals surface area (Å²) in [6.45, 7) is 0. The van der Waals surface area contributed by atoms with E-state index in [-0.39, 0.29) is 16.8 Å². The van der Waals surface area contributed by atoms with Crippen LogP contribution in [0.4, 0.5) is 10.1 Å². The van der Waals surface area contributed by atoms with Crippen LogP contribution in [-0.4, -0.2) is 17.0 Å². The average Bonchev–Trinajstić information content (AvgIpc) is 2.43. The van der Waals surface area contributed by atoms with E-state index in [0.29, 0.717) is 5.02 Å². The maximum absolute atomic E-state index is 13.1. The molecule has 0 heterocycles. The maximum atomic E-state index is 13.1. The third-order valence-corrected chi connectivity index (χ3v) is 4.21. The third kappa shape index (κ3) is 3.70. The molecule has 0 saturated heterocycles. The first-order valence-corrected chi connectivity index (χ1v) is 7.13. The lowest BCUT2D eigenvalue weighted by Crippen LogP contribution is -2.15. The minimum atomic E-state index is -1.33. The van der Waals surface area contributed by atoms with Crippen LogP contribution in [0.1, 0.15) is 20.7 Å². The van der Waals surface area contributed by atoms with Crippen molar-refractivity contribution in [3.8, 4) is 0 Å². The topological polar surface area (TPSA) is 66.4 Å². The third-order valence-electron chi connectivity index (χ3n) is 2.64. The lowest BCUT2D eigenvalue weighted by molar-refractivity contribution is 0.0697. The van der Waals surface area contributed by atoms with E-state index in [4.69, 9.17) is 16.7 Å². The number of anilines is 1. The van der Waals surface area contributed by atoms with Crippen molar-refractivity contribution in [1.29, 1.82) is 0 Å². The number of hydrogen-bond acceptors (Lipinski definition) is 2. The number of amides is 1. The molecule has 0 aromatic heterocycles. The Balaban J connectivity index is 2.31. The van der Waals surface area contributed by atoms with Gasteiger partial charge in [-0.3, -0.25) is 4.79 Å². The smallest absolute Gasteiger partial charge is 0.337 e. The summed E-state index contributed by atoms with van der Waals surface area (Å²) in [6, 6.07) is 7.82. The molecular weight excluding hydrogens is 412 g/mol. The van der Waals surface area contributed by atoms with Gasteiger partial charge in [0.25, 0.3) is 5.91 Å². The van der Waals surface area contributed by atoms with Crippen molar-refractivity contribution in [3.63, 3.8) is 0 Å². The van der Waals surface area contributed by atoms with Gasteiger partial charge in [0, 0.05) is 9.13 Å². The van der Waals surface area contributed by atoms with Crippen molar-refractivity contribution in [2.45, 2.75) is 0 Å². The zero-order valence-corrected chi connectivity index (χ0v) is 13.3. The molecule has 0 bridgehead atoms. The molecule has 0 fully saturated rings. The van der Waals surface area contributed by atoms with Crippen molar-refractivity contribution in [3.05, 3.63) is 61.9 Å². The van der Waals surface area contributed by atoms with Gasteiger partial charge >= 0.3 is 5.97 Å². The van der Waals surface area contributed by atoms with Crippen LogP contribution < -0.4 is 5.32 Å². The van der Waals surface area contributed by atoms with Crippen LogP contribution in [0.3, 0.4) is 0 Å². The average molecular weight is 420 g/mol. The number of aromatic carboxylic acids is 1. The van der Waals surface area contributed by atoms with Gasteiger partial charge in [-0.15, -0.1) is 0 Å². The summed E-state index contributed by atoms with van der Waals surface area (Å²) in [4.78, 5) is 23.1. The number of hydrogen-bond donors (Lipinski definition) is 2. The number of halogens is 3. The number of carboxylic acids is 1. The van der Waals surface area contributed by atoms with Gasteiger partial charge < -0.3 is 10.4 Å². The minimum Gasteiger partial charge on any atom is -0.478 e. The quantitative estimate of drug-likeness (QED) is 0.738. The van der Waals surface area contributed by atoms with Crippen LogP contribution in [0.5, 0.6) is 0 Å². The zero-order chi connectivity index (χ0) is 15.6. The molecule has 108 valence electrons. The molecule has 0 saturated carbocycles. The Morgan fingerprint density at radius 1 is 1.19 bits per heavy atom. The molecule has 0 unspecified atom stereocenters. The molecule has 0 spiro atoms. The van der Waals surface area contributed by atoms with Gasteiger partial charge in [-0.2, -0.15) is 0 Å². The molecule has 7 heteroatoms. The first-order valence-electron chi connectivity index (χ1n) is 5.67. The highest BCUT2D eigenvalue weighted by molar-refractivity contribution is 14.1. The molecule has 0 aliphatic rings. The highest BCUT2D eigenvalue weighted by atomic mass is 127. The standard InChI is InChI=1S/C14H8ClFINO3/c15-10-5-7(1-3-11(10)17)13(19)18-12-4-2-8(16)6-9(12)14(20)21/h1-6H,(H,18,19)(H,20,21). The Morgan fingerprint density at radius 3 is 2.52 bits per heavy atom. The molecule has 2 rings (SSSR count). The summed E-state index contributed by atoms with van der Waals surface area (Å²) in [7, 11) is 0. The Bertz CT molecular complexity index is 736. The van der Waals surface area contributed by atoms with E-state index in [1.807, 2.05) is 22.6 Å². The van der Waals surface area contributed by atoms with Gasteiger partial charge in [-0.1, -0.05) is 11.6 Å². The lowest BCUT2D eigenvalue weighted by atomic mass is 10.1. The van der Waals surface area contributed by atoms with Crippen LogP contribution in [0.15, 0.2) is 36.4 Å². The second-order valence-electron chi connectivity index (χ2n) is 4.08. The summed E-state index contributed by atoms with van der Waals surface area (Å²) in [5.41, 5.74) is -0.0235. The largest absolute Gasteiger partial charge is 0.478 e. The van der Waals surface area contributed by atoms with E-state index in [0.717, 1.165) is 15.7 Å². The highest BCUT2D eigenvalue weighted by Crippen LogP contribution is 2.22. The van der Waals surface area contributed by atoms with E-state index in [1.165, 1.54) is 12.1 Å². The Morgan fingerprint density at radius 2 is 1.90 bits per heavy atom. The Hall–Kier alpha value is -1.67. The second kappa shape index (κ2) is 6.40. The Labute approximate surface area is 138 Å². The lowest BCUT2D eigenvalue weighted by Gasteiger charge is -2.09. The molecule has 21 heavy (non-hydrogen) atoms. The van der Waals surface area contributed by atoms with E-state index in [9.17, 15) is 14.0 Å². The summed E-state index contributed by atoms with van der Waals surface area (Å²) < 4.78 is 13.9. The fraction of sp³-hybridized carbons (Fsp3) is 0. The molecule has 4 nitrogen and oxygen atoms in total. The number of carbonyl (C=O) groups excluding carboxylic acids is 1. The molecule has 0 atom stereocenters. The predicted octanol–water partition coefficient (Wildman–Crippen LogP) is 4.03. The first kappa shape index (κ1) is 15.7. The van der Waals surface area contributed by atoms with Gasteiger partial charge in [0.2, 0.25) is 0 Å². The molecule has 1 amide bonds. The number of nitrogens with one attached hydrogen (secondary N) is 1. The van der Waals surface area contributed by atoms with Crippen molar-refractivity contribution in [2.24, 2.45) is 0 Å². The Kier molecular flexibility index (Phi) is 4.79. The minimum absolute atomic E-state index is 0.0172. The SMILES string of the molecule is O=C(Nc1ccc(F)cc1C(=O)O)c1ccc(I)c(Cl)c1. The van der Waals surface area contributed by atoms with Crippen molar-refractivity contribution < 1.29 is 19.1 Å². The first-order chi connectivity index (χ1) is 9.88. The van der Waals surface area contributed by atoms with Gasteiger partial charge in [0.1, 0.15) is 5.82 Å². The van der Waals surface area contributed by atoms with Gasteiger partial charge in [0.15, 0.2) is 0 Å². The monoisotopic (exact) mass is 419 g/mol. The number of benzene rings is 2. The number of rotatable bonds is 3. The van der Waals surface area contributed by atoms with Crippen molar-refractivity contribution in [1.82, 2.24) is 0 Å². The van der Waals surface area contributed by atoms with E-state index < -0.39 is 17.7 Å². The summed E-state index contributed by atoms with van der Waals surface area (Å²) in [6.07, 6.45) is 0. The van der Waals surface area contributed by atoms with Crippen LogP contribution in [0.25, 0.3) is 0 Å². The molecule has 0 aliphatic heterocycles. The van der Waals surface area contributed by atoms with E-state index in [2.05, 4.69) is 5.32 Å². The fourth-order valence-electron chi connectivity index (χ4n) is 1.63.